The highest BCUT2D eigenvalue weighted by molar-refractivity contribution is 5.95. The molecule has 0 bridgehead atoms. The molecule has 0 radical (unpaired) electrons. The summed E-state index contributed by atoms with van der Waals surface area (Å²) in [6, 6.07) is 12.8. The molecule has 7 nitrogen and oxygen atoms in total. The zero-order chi connectivity index (χ0) is 23.5. The van der Waals surface area contributed by atoms with E-state index >= 15 is 0 Å². The van der Waals surface area contributed by atoms with Crippen LogP contribution in [0.2, 0.25) is 0 Å². The normalized spacial score (nSPS) is 13.0. The third-order valence-electron chi connectivity index (χ3n) is 5.52. The Kier molecular flexibility index (Phi) is 9.42. The number of rotatable bonds is 12. The molecule has 33 heavy (non-hydrogen) atoms. The molecule has 0 atom stereocenters. The summed E-state index contributed by atoms with van der Waals surface area (Å²) in [5.41, 5.74) is 1.38. The summed E-state index contributed by atoms with van der Waals surface area (Å²) < 4.78 is 22.3. The molecule has 1 aliphatic heterocycles. The van der Waals surface area contributed by atoms with Crippen LogP contribution in [0.15, 0.2) is 42.5 Å². The molecule has 7 heteroatoms. The fraction of sp³-hybridized carbons (Fsp3) is 0.462. The lowest BCUT2D eigenvalue weighted by atomic mass is 10.1. The molecule has 0 aliphatic carbocycles. The Hall–Kier alpha value is -3.22. The lowest BCUT2D eigenvalue weighted by molar-refractivity contribution is 0.0792. The minimum atomic E-state index is 0.0551. The van der Waals surface area contributed by atoms with Crippen LogP contribution in [0.1, 0.15) is 54.9 Å². The van der Waals surface area contributed by atoms with Crippen LogP contribution in [0.4, 0.5) is 0 Å². The highest BCUT2D eigenvalue weighted by atomic mass is 16.5. The lowest BCUT2D eigenvalue weighted by Crippen LogP contribution is -2.27. The molecule has 1 saturated heterocycles. The van der Waals surface area contributed by atoms with E-state index in [-0.39, 0.29) is 11.8 Å². The maximum Gasteiger partial charge on any atom is 0.253 e. The summed E-state index contributed by atoms with van der Waals surface area (Å²) in [7, 11) is 1.59. The average Bonchev–Trinajstić information content (AvgIpc) is 3.38. The zero-order valence-corrected chi connectivity index (χ0v) is 19.6. The Morgan fingerprint density at radius 3 is 2.24 bits per heavy atom. The number of methoxy groups -OCH3 is 1. The van der Waals surface area contributed by atoms with Crippen LogP contribution in [0.3, 0.4) is 0 Å². The highest BCUT2D eigenvalue weighted by Gasteiger charge is 2.20. The van der Waals surface area contributed by atoms with E-state index in [4.69, 9.17) is 24.4 Å². The molecule has 1 amide bonds. The molecule has 0 saturated carbocycles. The van der Waals surface area contributed by atoms with Crippen molar-refractivity contribution in [2.75, 3.05) is 40.0 Å². The van der Waals surface area contributed by atoms with E-state index in [0.717, 1.165) is 56.5 Å². The number of benzene rings is 2. The molecule has 2 aromatic rings. The topological polar surface area (TPSA) is 81.1 Å². The molecule has 1 heterocycles. The van der Waals surface area contributed by atoms with E-state index in [9.17, 15) is 4.79 Å². The van der Waals surface area contributed by atoms with Gasteiger partial charge in [-0.25, -0.2) is 0 Å². The van der Waals surface area contributed by atoms with Crippen molar-refractivity contribution < 1.29 is 23.7 Å². The van der Waals surface area contributed by atoms with Gasteiger partial charge in [-0.2, -0.15) is 0 Å². The Morgan fingerprint density at radius 2 is 1.58 bits per heavy atom. The number of hydrogen-bond donors (Lipinski definition) is 1. The maximum atomic E-state index is 12.6. The van der Waals surface area contributed by atoms with Crippen molar-refractivity contribution in [2.24, 2.45) is 0 Å². The average molecular weight is 455 g/mol. The number of carbonyl (C=O) groups is 1. The standard InChI is InChI=1S/C26H34N2O5/c1-3-31-25(27)20-9-12-22(13-10-20)32-17-7-4-8-18-33-23-14-11-21(19-24(23)30-2)26(29)28-15-5-6-16-28/h9-14,19,27H,3-8,15-18H2,1-2H3. The highest BCUT2D eigenvalue weighted by Crippen LogP contribution is 2.29. The minimum Gasteiger partial charge on any atom is -0.494 e. The molecule has 178 valence electrons. The predicted molar refractivity (Wildman–Crippen MR) is 128 cm³/mol. The van der Waals surface area contributed by atoms with Crippen LogP contribution in [0.5, 0.6) is 17.2 Å². The van der Waals surface area contributed by atoms with Gasteiger partial charge in [-0.3, -0.25) is 10.2 Å². The number of ether oxygens (including phenoxy) is 4. The van der Waals surface area contributed by atoms with E-state index in [2.05, 4.69) is 0 Å². The van der Waals surface area contributed by atoms with Crippen molar-refractivity contribution in [1.29, 1.82) is 5.41 Å². The summed E-state index contributed by atoms with van der Waals surface area (Å²) in [6.07, 6.45) is 4.93. The van der Waals surface area contributed by atoms with E-state index in [0.29, 0.717) is 36.9 Å². The van der Waals surface area contributed by atoms with Crippen molar-refractivity contribution in [3.63, 3.8) is 0 Å². The Morgan fingerprint density at radius 1 is 0.909 bits per heavy atom. The summed E-state index contributed by atoms with van der Waals surface area (Å²) in [5.74, 6) is 2.26. The van der Waals surface area contributed by atoms with E-state index in [1.165, 1.54) is 0 Å². The zero-order valence-electron chi connectivity index (χ0n) is 19.6. The number of likely N-dealkylation sites (tertiary alicyclic amines) is 1. The van der Waals surface area contributed by atoms with Crippen LogP contribution in [0.25, 0.3) is 0 Å². The second-order valence-electron chi connectivity index (χ2n) is 7.91. The third kappa shape index (κ3) is 7.14. The van der Waals surface area contributed by atoms with Gasteiger partial charge in [0.15, 0.2) is 11.5 Å². The molecule has 0 unspecified atom stereocenters. The van der Waals surface area contributed by atoms with Crippen LogP contribution in [-0.4, -0.2) is 56.7 Å². The number of unbranched alkanes of at least 4 members (excludes halogenated alkanes) is 2. The molecular formula is C26H34N2O5. The Bertz CT molecular complexity index is 907. The number of hydrogen-bond acceptors (Lipinski definition) is 6. The second-order valence-corrected chi connectivity index (χ2v) is 7.91. The van der Waals surface area contributed by atoms with Crippen LogP contribution in [-0.2, 0) is 4.74 Å². The first-order valence-electron chi connectivity index (χ1n) is 11.7. The predicted octanol–water partition coefficient (Wildman–Crippen LogP) is 4.92. The van der Waals surface area contributed by atoms with Gasteiger partial charge in [0.25, 0.3) is 5.91 Å². The second kappa shape index (κ2) is 12.7. The lowest BCUT2D eigenvalue weighted by Gasteiger charge is -2.17. The Labute approximate surface area is 196 Å². The molecule has 0 aromatic heterocycles. The van der Waals surface area contributed by atoms with Crippen LogP contribution < -0.4 is 14.2 Å². The SMILES string of the molecule is CCOC(=N)c1ccc(OCCCCCOc2ccc(C(=O)N3CCCC3)cc2OC)cc1. The molecule has 2 aromatic carbocycles. The van der Waals surface area contributed by atoms with Crippen molar-refractivity contribution in [3.05, 3.63) is 53.6 Å². The van der Waals surface area contributed by atoms with Crippen molar-refractivity contribution >= 4 is 11.8 Å². The van der Waals surface area contributed by atoms with E-state index in [1.54, 1.807) is 13.2 Å². The summed E-state index contributed by atoms with van der Waals surface area (Å²) in [6.45, 7) is 5.20. The molecule has 1 aliphatic rings. The summed E-state index contributed by atoms with van der Waals surface area (Å²) in [5, 5.41) is 7.79. The van der Waals surface area contributed by atoms with Gasteiger partial charge in [0.1, 0.15) is 5.75 Å². The van der Waals surface area contributed by atoms with Crippen molar-refractivity contribution in [1.82, 2.24) is 4.90 Å². The van der Waals surface area contributed by atoms with Gasteiger partial charge in [0.05, 0.1) is 26.9 Å². The summed E-state index contributed by atoms with van der Waals surface area (Å²) in [4.78, 5) is 14.5. The van der Waals surface area contributed by atoms with Gasteiger partial charge in [-0.1, -0.05) is 0 Å². The van der Waals surface area contributed by atoms with Gasteiger partial charge in [0.2, 0.25) is 5.90 Å². The van der Waals surface area contributed by atoms with Gasteiger partial charge in [-0.05, 0) is 81.5 Å². The quantitative estimate of drug-likeness (QED) is 0.280. The van der Waals surface area contributed by atoms with Crippen LogP contribution in [0, 0.1) is 5.41 Å². The molecular weight excluding hydrogens is 420 g/mol. The first-order chi connectivity index (χ1) is 16.1. The fourth-order valence-corrected chi connectivity index (χ4v) is 3.71. The third-order valence-corrected chi connectivity index (χ3v) is 5.52. The fourth-order valence-electron chi connectivity index (χ4n) is 3.71. The molecule has 1 N–H and O–H groups in total. The largest absolute Gasteiger partial charge is 0.494 e. The number of nitrogens with one attached hydrogen (secondary N) is 1. The summed E-state index contributed by atoms with van der Waals surface area (Å²) >= 11 is 0. The van der Waals surface area contributed by atoms with Gasteiger partial charge in [-0.15, -0.1) is 0 Å². The number of nitrogens with zero attached hydrogens (tertiary/aromatic N) is 1. The van der Waals surface area contributed by atoms with Gasteiger partial charge < -0.3 is 23.8 Å². The maximum absolute atomic E-state index is 12.6. The number of carbonyl (C=O) groups excluding carboxylic acids is 1. The monoisotopic (exact) mass is 454 g/mol. The molecule has 0 spiro atoms. The van der Waals surface area contributed by atoms with Crippen LogP contribution >= 0.6 is 0 Å². The smallest absolute Gasteiger partial charge is 0.253 e. The van der Waals surface area contributed by atoms with E-state index < -0.39 is 0 Å². The van der Waals surface area contributed by atoms with Crippen molar-refractivity contribution in [2.45, 2.75) is 39.0 Å². The molecule has 3 rings (SSSR count). The first kappa shape index (κ1) is 24.4. The van der Waals surface area contributed by atoms with Gasteiger partial charge >= 0.3 is 0 Å². The first-order valence-corrected chi connectivity index (χ1v) is 11.7. The van der Waals surface area contributed by atoms with E-state index in [1.807, 2.05) is 48.2 Å². The minimum absolute atomic E-state index is 0.0551. The van der Waals surface area contributed by atoms with Crippen molar-refractivity contribution in [3.8, 4) is 17.2 Å². The van der Waals surface area contributed by atoms with Gasteiger partial charge in [0, 0.05) is 24.2 Å². The number of amides is 1. The molecule has 1 fully saturated rings. The Balaban J connectivity index is 1.35.